The summed E-state index contributed by atoms with van der Waals surface area (Å²) in [6, 6.07) is 0. The number of rotatable bonds is 5. The van der Waals surface area contributed by atoms with Crippen LogP contribution in [0.4, 0.5) is 0 Å². The van der Waals surface area contributed by atoms with Gasteiger partial charge in [-0.05, 0) is 26.2 Å². The maximum absolute atomic E-state index is 3.28. The Hall–Kier alpha value is 0.270. The SMILES string of the molecule is CCC(CI)CC(NC)=C(C)C. The molecule has 0 aliphatic heterocycles. The molecule has 0 aromatic heterocycles. The van der Waals surface area contributed by atoms with Crippen LogP contribution in [0.15, 0.2) is 11.3 Å². The van der Waals surface area contributed by atoms with Gasteiger partial charge in [0.15, 0.2) is 0 Å². The van der Waals surface area contributed by atoms with Gasteiger partial charge in [-0.1, -0.05) is 41.5 Å². The summed E-state index contributed by atoms with van der Waals surface area (Å²) in [6.45, 7) is 6.61. The summed E-state index contributed by atoms with van der Waals surface area (Å²) >= 11 is 2.47. The maximum atomic E-state index is 3.28. The van der Waals surface area contributed by atoms with Crippen molar-refractivity contribution < 1.29 is 0 Å². The van der Waals surface area contributed by atoms with Crippen molar-refractivity contribution in [1.82, 2.24) is 5.32 Å². The Morgan fingerprint density at radius 3 is 2.25 bits per heavy atom. The van der Waals surface area contributed by atoms with Crippen molar-refractivity contribution in [2.75, 3.05) is 11.5 Å². The van der Waals surface area contributed by atoms with E-state index in [1.165, 1.54) is 28.5 Å². The van der Waals surface area contributed by atoms with E-state index in [4.69, 9.17) is 0 Å². The number of nitrogens with one attached hydrogen (secondary N) is 1. The summed E-state index contributed by atoms with van der Waals surface area (Å²) in [5.74, 6) is 0.836. The molecule has 0 aromatic rings. The van der Waals surface area contributed by atoms with Gasteiger partial charge in [-0.2, -0.15) is 0 Å². The van der Waals surface area contributed by atoms with Gasteiger partial charge < -0.3 is 5.32 Å². The average Bonchev–Trinajstić information content (AvgIpc) is 2.06. The van der Waals surface area contributed by atoms with E-state index in [9.17, 15) is 0 Å². The van der Waals surface area contributed by atoms with Gasteiger partial charge in [0.2, 0.25) is 0 Å². The molecule has 0 amide bonds. The number of hydrogen-bond donors (Lipinski definition) is 1. The average molecular weight is 281 g/mol. The highest BCUT2D eigenvalue weighted by atomic mass is 127. The molecule has 0 aromatic carbocycles. The lowest BCUT2D eigenvalue weighted by Gasteiger charge is -2.15. The molecule has 12 heavy (non-hydrogen) atoms. The van der Waals surface area contributed by atoms with Crippen molar-refractivity contribution in [1.29, 1.82) is 0 Å². The minimum atomic E-state index is 0.836. The molecule has 0 radical (unpaired) electrons. The number of alkyl halides is 1. The zero-order valence-corrected chi connectivity index (χ0v) is 10.7. The van der Waals surface area contributed by atoms with Crippen LogP contribution in [-0.2, 0) is 0 Å². The van der Waals surface area contributed by atoms with Gasteiger partial charge in [-0.25, -0.2) is 0 Å². The van der Waals surface area contributed by atoms with E-state index in [0.29, 0.717) is 0 Å². The fourth-order valence-corrected chi connectivity index (χ4v) is 2.09. The standard InChI is InChI=1S/C10H20IN/c1-5-9(7-11)6-10(12-4)8(2)3/h9,12H,5-7H2,1-4H3. The summed E-state index contributed by atoms with van der Waals surface area (Å²) in [5.41, 5.74) is 2.83. The summed E-state index contributed by atoms with van der Waals surface area (Å²) in [7, 11) is 2.02. The van der Waals surface area contributed by atoms with Crippen molar-refractivity contribution in [3.05, 3.63) is 11.3 Å². The molecule has 0 aliphatic carbocycles. The van der Waals surface area contributed by atoms with E-state index >= 15 is 0 Å². The minimum Gasteiger partial charge on any atom is -0.391 e. The molecule has 0 saturated heterocycles. The third-order valence-electron chi connectivity index (χ3n) is 2.19. The van der Waals surface area contributed by atoms with E-state index < -0.39 is 0 Å². The second kappa shape index (κ2) is 6.75. The van der Waals surface area contributed by atoms with Crippen LogP contribution in [0.3, 0.4) is 0 Å². The zero-order chi connectivity index (χ0) is 9.56. The first-order valence-electron chi connectivity index (χ1n) is 4.55. The van der Waals surface area contributed by atoms with Crippen LogP contribution in [-0.4, -0.2) is 11.5 Å². The quantitative estimate of drug-likeness (QED) is 0.602. The van der Waals surface area contributed by atoms with E-state index in [2.05, 4.69) is 48.7 Å². The molecular weight excluding hydrogens is 261 g/mol. The van der Waals surface area contributed by atoms with Crippen LogP contribution in [0, 0.1) is 5.92 Å². The Morgan fingerprint density at radius 1 is 1.42 bits per heavy atom. The van der Waals surface area contributed by atoms with Crippen molar-refractivity contribution in [3.8, 4) is 0 Å². The third-order valence-corrected chi connectivity index (χ3v) is 3.44. The van der Waals surface area contributed by atoms with Gasteiger partial charge >= 0.3 is 0 Å². The molecule has 2 heteroatoms. The molecule has 0 heterocycles. The fraction of sp³-hybridized carbons (Fsp3) is 0.800. The van der Waals surface area contributed by atoms with Gasteiger partial charge in [0.25, 0.3) is 0 Å². The lowest BCUT2D eigenvalue weighted by Crippen LogP contribution is -2.13. The molecule has 72 valence electrons. The number of allylic oxidation sites excluding steroid dienone is 2. The molecule has 1 unspecified atom stereocenters. The Bertz CT molecular complexity index is 144. The Morgan fingerprint density at radius 2 is 2.00 bits per heavy atom. The van der Waals surface area contributed by atoms with Gasteiger partial charge in [0.1, 0.15) is 0 Å². The highest BCUT2D eigenvalue weighted by molar-refractivity contribution is 14.1. The fourth-order valence-electron chi connectivity index (χ4n) is 1.15. The van der Waals surface area contributed by atoms with Crippen LogP contribution < -0.4 is 5.32 Å². The lowest BCUT2D eigenvalue weighted by molar-refractivity contribution is 0.555. The Balaban J connectivity index is 4.10. The number of halogens is 1. The highest BCUT2D eigenvalue weighted by Gasteiger charge is 2.07. The molecule has 0 bridgehead atoms. The molecule has 1 atom stereocenters. The Labute approximate surface area is 90.1 Å². The van der Waals surface area contributed by atoms with Crippen LogP contribution in [0.1, 0.15) is 33.6 Å². The highest BCUT2D eigenvalue weighted by Crippen LogP contribution is 2.17. The molecule has 0 spiro atoms. The summed E-state index contributed by atoms with van der Waals surface area (Å²) in [4.78, 5) is 0. The smallest absolute Gasteiger partial charge is 0.00933 e. The van der Waals surface area contributed by atoms with Crippen molar-refractivity contribution in [3.63, 3.8) is 0 Å². The summed E-state index contributed by atoms with van der Waals surface area (Å²) in [6.07, 6.45) is 2.49. The molecule has 0 saturated carbocycles. The lowest BCUT2D eigenvalue weighted by atomic mass is 10.0. The van der Waals surface area contributed by atoms with E-state index in [0.717, 1.165) is 5.92 Å². The van der Waals surface area contributed by atoms with Crippen LogP contribution >= 0.6 is 22.6 Å². The molecule has 1 N–H and O–H groups in total. The first kappa shape index (κ1) is 12.3. The van der Waals surface area contributed by atoms with E-state index in [-0.39, 0.29) is 0 Å². The first-order chi connectivity index (χ1) is 5.65. The van der Waals surface area contributed by atoms with Gasteiger partial charge in [-0.15, -0.1) is 0 Å². The number of hydrogen-bond acceptors (Lipinski definition) is 1. The first-order valence-corrected chi connectivity index (χ1v) is 6.08. The Kier molecular flexibility index (Phi) is 6.90. The molecular formula is C10H20IN. The van der Waals surface area contributed by atoms with Crippen molar-refractivity contribution in [2.45, 2.75) is 33.6 Å². The molecule has 0 fully saturated rings. The van der Waals surface area contributed by atoms with E-state index in [1.807, 2.05) is 7.05 Å². The minimum absolute atomic E-state index is 0.836. The van der Waals surface area contributed by atoms with Crippen molar-refractivity contribution in [2.24, 2.45) is 5.92 Å². The van der Waals surface area contributed by atoms with Crippen LogP contribution in [0.5, 0.6) is 0 Å². The largest absolute Gasteiger partial charge is 0.391 e. The maximum Gasteiger partial charge on any atom is 0.00933 e. The predicted octanol–water partition coefficient (Wildman–Crippen LogP) is 3.35. The predicted molar refractivity (Wildman–Crippen MR) is 64.7 cm³/mol. The monoisotopic (exact) mass is 281 g/mol. The van der Waals surface area contributed by atoms with Crippen LogP contribution in [0.25, 0.3) is 0 Å². The van der Waals surface area contributed by atoms with Gasteiger partial charge in [0.05, 0.1) is 0 Å². The normalized spacial score (nSPS) is 12.4. The van der Waals surface area contributed by atoms with E-state index in [1.54, 1.807) is 0 Å². The van der Waals surface area contributed by atoms with Crippen LogP contribution in [0.2, 0.25) is 0 Å². The second-order valence-electron chi connectivity index (χ2n) is 3.36. The second-order valence-corrected chi connectivity index (χ2v) is 4.24. The molecule has 0 rings (SSSR count). The summed E-state index contributed by atoms with van der Waals surface area (Å²) in [5, 5.41) is 3.28. The zero-order valence-electron chi connectivity index (χ0n) is 8.58. The third kappa shape index (κ3) is 4.33. The topological polar surface area (TPSA) is 12.0 Å². The molecule has 1 nitrogen and oxygen atoms in total. The van der Waals surface area contributed by atoms with Gasteiger partial charge in [0, 0.05) is 17.2 Å². The summed E-state index contributed by atoms with van der Waals surface area (Å²) < 4.78 is 1.26. The van der Waals surface area contributed by atoms with Gasteiger partial charge in [-0.3, -0.25) is 0 Å². The van der Waals surface area contributed by atoms with Crippen molar-refractivity contribution >= 4 is 22.6 Å². The molecule has 0 aliphatic rings.